The van der Waals surface area contributed by atoms with Crippen molar-refractivity contribution in [3.8, 4) is 0 Å². The van der Waals surface area contributed by atoms with Gasteiger partial charge in [0, 0.05) is 25.7 Å². The van der Waals surface area contributed by atoms with Crippen LogP contribution in [0.1, 0.15) is 389 Å². The molecule has 19 heteroatoms. The van der Waals surface area contributed by atoms with Gasteiger partial charge in [0.05, 0.1) is 26.4 Å². The zero-order valence-corrected chi connectivity index (χ0v) is 64.8. The molecule has 0 saturated heterocycles. The molecule has 0 aliphatic heterocycles. The number of hydrogen-bond acceptors (Lipinski definition) is 15. The van der Waals surface area contributed by atoms with Gasteiger partial charge < -0.3 is 33.8 Å². The van der Waals surface area contributed by atoms with E-state index >= 15 is 0 Å². The summed E-state index contributed by atoms with van der Waals surface area (Å²) in [6.45, 7) is 14.2. The highest BCUT2D eigenvalue weighted by Crippen LogP contribution is 2.45. The van der Waals surface area contributed by atoms with Crippen LogP contribution in [-0.4, -0.2) is 96.7 Å². The fourth-order valence-corrected chi connectivity index (χ4v) is 13.3. The first-order chi connectivity index (χ1) is 46.1. The summed E-state index contributed by atoms with van der Waals surface area (Å²) in [7, 11) is -9.91. The zero-order valence-electron chi connectivity index (χ0n) is 63.0. The number of aliphatic hydroxyl groups is 1. The van der Waals surface area contributed by atoms with Crippen LogP contribution in [0.4, 0.5) is 0 Å². The number of esters is 4. The number of aliphatic hydroxyl groups excluding tert-OH is 1. The molecule has 0 fully saturated rings. The van der Waals surface area contributed by atoms with Crippen molar-refractivity contribution in [2.45, 2.75) is 408 Å². The molecule has 0 amide bonds. The van der Waals surface area contributed by atoms with E-state index in [9.17, 15) is 43.2 Å². The van der Waals surface area contributed by atoms with Gasteiger partial charge in [0.1, 0.15) is 19.3 Å². The average Bonchev–Trinajstić information content (AvgIpc) is 2.96. The Balaban J connectivity index is 5.22. The van der Waals surface area contributed by atoms with Gasteiger partial charge in [-0.05, 0) is 49.4 Å². The van der Waals surface area contributed by atoms with Crippen LogP contribution in [0.5, 0.6) is 0 Å². The minimum atomic E-state index is -4.96. The van der Waals surface area contributed by atoms with E-state index in [-0.39, 0.29) is 25.7 Å². The number of ether oxygens (including phenoxy) is 4. The molecule has 0 bridgehead atoms. The first-order valence-corrected chi connectivity index (χ1v) is 42.7. The Hall–Kier alpha value is -1.94. The molecule has 0 spiro atoms. The summed E-state index contributed by atoms with van der Waals surface area (Å²) in [4.78, 5) is 72.8. The van der Waals surface area contributed by atoms with Crippen LogP contribution in [-0.2, 0) is 65.4 Å². The van der Waals surface area contributed by atoms with Crippen LogP contribution in [0.15, 0.2) is 0 Å². The lowest BCUT2D eigenvalue weighted by atomic mass is 10.0. The SMILES string of the molecule is CC(C)CCCCCCCCCCCCCCCCCC(=O)O[C@H](COC(=O)CCCCCCCCC(C)C)COP(=O)(O)OCC(O)COP(=O)(O)OC[C@@H](COC(=O)CCCCCCCCCCCCCCC(C)C)OC(=O)CCCCCCCCCCCCCC(C)C. The standard InChI is InChI=1S/C77H150O17P2/c1-67(2)53-45-37-29-23-17-12-10-9-11-13-21-27-33-43-51-59-76(81)94-73(64-88-75(80)58-50-42-36-35-40-48-56-70(7)8)66-92-96(85,86)90-62-71(78)61-89-95(83,84)91-65-72(93-77(82)60-52-44-34-28-22-16-19-25-31-39-47-55-69(5)6)63-87-74(79)57-49-41-32-26-20-15-14-18-24-30-38-46-54-68(3)4/h67-73,78H,9-66H2,1-8H3,(H,83,84)(H,85,86)/t71?,72-,73-/m1/s1. The van der Waals surface area contributed by atoms with Gasteiger partial charge in [-0.25, -0.2) is 9.13 Å². The lowest BCUT2D eigenvalue weighted by Crippen LogP contribution is -2.30. The minimum Gasteiger partial charge on any atom is -0.462 e. The zero-order chi connectivity index (χ0) is 71.0. The summed E-state index contributed by atoms with van der Waals surface area (Å²) in [5.74, 6) is 0.908. The second kappa shape index (κ2) is 66.3. The van der Waals surface area contributed by atoms with Crippen molar-refractivity contribution in [3.05, 3.63) is 0 Å². The molecule has 5 atom stereocenters. The molecule has 0 aliphatic rings. The Bertz CT molecular complexity index is 1880. The quantitative estimate of drug-likeness (QED) is 0.0222. The monoisotopic (exact) mass is 1410 g/mol. The van der Waals surface area contributed by atoms with Crippen molar-refractivity contribution >= 4 is 39.5 Å². The minimum absolute atomic E-state index is 0.106. The van der Waals surface area contributed by atoms with Crippen molar-refractivity contribution < 1.29 is 80.2 Å². The molecule has 96 heavy (non-hydrogen) atoms. The highest BCUT2D eigenvalue weighted by atomic mass is 31.2. The molecule has 0 rings (SSSR count). The van der Waals surface area contributed by atoms with Gasteiger partial charge in [0.2, 0.25) is 0 Å². The predicted octanol–water partition coefficient (Wildman–Crippen LogP) is 22.4. The van der Waals surface area contributed by atoms with Crippen LogP contribution in [0, 0.1) is 23.7 Å². The summed E-state index contributed by atoms with van der Waals surface area (Å²) < 4.78 is 68.5. The number of carbonyl (C=O) groups is 4. The number of carbonyl (C=O) groups excluding carboxylic acids is 4. The fraction of sp³-hybridized carbons (Fsp3) is 0.948. The van der Waals surface area contributed by atoms with Crippen LogP contribution in [0.25, 0.3) is 0 Å². The van der Waals surface area contributed by atoms with Crippen molar-refractivity contribution in [2.24, 2.45) is 23.7 Å². The largest absolute Gasteiger partial charge is 0.472 e. The third-order valence-electron chi connectivity index (χ3n) is 17.8. The van der Waals surface area contributed by atoms with Crippen molar-refractivity contribution in [1.29, 1.82) is 0 Å². The van der Waals surface area contributed by atoms with Gasteiger partial charge in [0.25, 0.3) is 0 Å². The van der Waals surface area contributed by atoms with Crippen LogP contribution in [0.3, 0.4) is 0 Å². The second-order valence-corrected chi connectivity index (χ2v) is 32.6. The third-order valence-corrected chi connectivity index (χ3v) is 19.7. The Morgan fingerprint density at radius 1 is 0.260 bits per heavy atom. The summed E-state index contributed by atoms with van der Waals surface area (Å²) in [5.41, 5.74) is 0. The van der Waals surface area contributed by atoms with E-state index < -0.39 is 97.5 Å². The first kappa shape index (κ1) is 94.1. The number of unbranched alkanes of at least 4 members (excludes halogenated alkanes) is 40. The van der Waals surface area contributed by atoms with E-state index in [1.807, 2.05) is 0 Å². The van der Waals surface area contributed by atoms with Gasteiger partial charge in [-0.3, -0.25) is 37.3 Å². The summed E-state index contributed by atoms with van der Waals surface area (Å²) in [6, 6.07) is 0. The molecule has 0 aliphatic carbocycles. The van der Waals surface area contributed by atoms with E-state index in [0.717, 1.165) is 114 Å². The lowest BCUT2D eigenvalue weighted by molar-refractivity contribution is -0.161. The summed E-state index contributed by atoms with van der Waals surface area (Å²) in [5, 5.41) is 10.6. The first-order valence-electron chi connectivity index (χ1n) is 39.7. The smallest absolute Gasteiger partial charge is 0.462 e. The topological polar surface area (TPSA) is 237 Å². The maximum atomic E-state index is 13.1. The molecule has 0 radical (unpaired) electrons. The Morgan fingerprint density at radius 2 is 0.438 bits per heavy atom. The maximum absolute atomic E-state index is 13.1. The van der Waals surface area contributed by atoms with Gasteiger partial charge in [-0.15, -0.1) is 0 Å². The molecular weight excluding hydrogens is 1260 g/mol. The molecule has 3 unspecified atom stereocenters. The lowest BCUT2D eigenvalue weighted by Gasteiger charge is -2.21. The van der Waals surface area contributed by atoms with E-state index in [1.54, 1.807) is 0 Å². The molecule has 570 valence electrons. The van der Waals surface area contributed by atoms with Gasteiger partial charge in [-0.1, -0.05) is 338 Å². The maximum Gasteiger partial charge on any atom is 0.472 e. The van der Waals surface area contributed by atoms with Crippen molar-refractivity contribution in [1.82, 2.24) is 0 Å². The third kappa shape index (κ3) is 70.5. The average molecular weight is 1410 g/mol. The highest BCUT2D eigenvalue weighted by Gasteiger charge is 2.30. The van der Waals surface area contributed by atoms with E-state index in [4.69, 9.17) is 37.0 Å². The van der Waals surface area contributed by atoms with E-state index in [2.05, 4.69) is 55.4 Å². The van der Waals surface area contributed by atoms with Gasteiger partial charge >= 0.3 is 39.5 Å². The van der Waals surface area contributed by atoms with Crippen LogP contribution >= 0.6 is 15.6 Å². The Kier molecular flexibility index (Phi) is 65.0. The number of rotatable bonds is 74. The normalized spacial score (nSPS) is 14.1. The molecular formula is C77H150O17P2. The van der Waals surface area contributed by atoms with Gasteiger partial charge in [0.15, 0.2) is 12.2 Å². The molecule has 3 N–H and O–H groups in total. The molecule has 17 nitrogen and oxygen atoms in total. The van der Waals surface area contributed by atoms with Gasteiger partial charge in [-0.2, -0.15) is 0 Å². The number of phosphoric ester groups is 2. The van der Waals surface area contributed by atoms with E-state index in [0.29, 0.717) is 31.6 Å². The summed E-state index contributed by atoms with van der Waals surface area (Å²) >= 11 is 0. The number of hydrogen-bond donors (Lipinski definition) is 3. The molecule has 0 aromatic rings. The molecule has 0 saturated carbocycles. The van der Waals surface area contributed by atoms with Crippen LogP contribution < -0.4 is 0 Å². The number of phosphoric acid groups is 2. The van der Waals surface area contributed by atoms with Crippen LogP contribution in [0.2, 0.25) is 0 Å². The Morgan fingerprint density at radius 3 is 0.646 bits per heavy atom. The summed E-state index contributed by atoms with van der Waals surface area (Å²) in [6.07, 6.45) is 51.5. The predicted molar refractivity (Wildman–Crippen MR) is 391 cm³/mol. The fourth-order valence-electron chi connectivity index (χ4n) is 11.7. The van der Waals surface area contributed by atoms with Crippen molar-refractivity contribution in [2.75, 3.05) is 39.6 Å². The van der Waals surface area contributed by atoms with E-state index in [1.165, 1.54) is 186 Å². The highest BCUT2D eigenvalue weighted by molar-refractivity contribution is 7.47. The van der Waals surface area contributed by atoms with Crippen molar-refractivity contribution in [3.63, 3.8) is 0 Å². The second-order valence-electron chi connectivity index (χ2n) is 29.7. The molecule has 0 aromatic heterocycles. The molecule has 0 aromatic carbocycles. The Labute approximate surface area is 588 Å². The molecule has 0 heterocycles.